The van der Waals surface area contributed by atoms with Gasteiger partial charge in [0, 0.05) is 40.1 Å². The number of nitrogens with one attached hydrogen (secondary N) is 2. The lowest BCUT2D eigenvalue weighted by molar-refractivity contribution is -0.137. The van der Waals surface area contributed by atoms with E-state index in [-0.39, 0.29) is 27.8 Å². The number of anilines is 1. The standard InChI is InChI=1S/C17H18ClN7O4/c1-19-14-9-15(24-13(23-14)7-3-8(18)5-21-4-7)25(6-22-9)17-11(27)10(26)12(29-17)16(28)20-2/h3-6,10-12,17,26-27H,1-2H3,(H,20,28)(H,19,23,24)/t10-,11+,12-,17+/m0/s1/i1D3,2D3. The number of nitrogens with zero attached hydrogens (tertiary/aromatic N) is 5. The Balaban J connectivity index is 1.79. The Kier molecular flexibility index (Phi) is 3.47. The van der Waals surface area contributed by atoms with E-state index in [2.05, 4.69) is 25.3 Å². The minimum Gasteiger partial charge on any atom is -0.387 e. The Morgan fingerprint density at radius 2 is 2.17 bits per heavy atom. The van der Waals surface area contributed by atoms with Crippen LogP contribution < -0.4 is 10.6 Å². The molecule has 152 valence electrons. The third-order valence-corrected chi connectivity index (χ3v) is 4.60. The summed E-state index contributed by atoms with van der Waals surface area (Å²) in [5.74, 6) is -1.33. The van der Waals surface area contributed by atoms with Crippen LogP contribution in [0, 0.1) is 0 Å². The zero-order valence-electron chi connectivity index (χ0n) is 20.4. The molecule has 0 unspecified atom stereocenters. The number of hydrogen-bond donors (Lipinski definition) is 4. The normalized spacial score (nSPS) is 28.0. The lowest BCUT2D eigenvalue weighted by Crippen LogP contribution is -2.41. The van der Waals surface area contributed by atoms with Crippen LogP contribution in [0.3, 0.4) is 0 Å². The van der Waals surface area contributed by atoms with Crippen LogP contribution in [0.5, 0.6) is 0 Å². The zero-order chi connectivity index (χ0) is 25.7. The molecule has 4 N–H and O–H groups in total. The average molecular weight is 426 g/mol. The quantitative estimate of drug-likeness (QED) is 0.451. The largest absolute Gasteiger partial charge is 0.387 e. The van der Waals surface area contributed by atoms with E-state index in [1.165, 1.54) is 23.0 Å². The van der Waals surface area contributed by atoms with Gasteiger partial charge >= 0.3 is 0 Å². The Labute approximate surface area is 178 Å². The molecule has 4 rings (SSSR count). The topological polar surface area (TPSA) is 147 Å². The molecule has 11 nitrogen and oxygen atoms in total. The smallest absolute Gasteiger partial charge is 0.251 e. The summed E-state index contributed by atoms with van der Waals surface area (Å²) in [5, 5.41) is 25.1. The van der Waals surface area contributed by atoms with Crippen LogP contribution in [0.15, 0.2) is 24.8 Å². The van der Waals surface area contributed by atoms with Crippen molar-refractivity contribution in [2.24, 2.45) is 0 Å². The van der Waals surface area contributed by atoms with E-state index in [1.54, 1.807) is 5.32 Å². The van der Waals surface area contributed by atoms with Gasteiger partial charge in [0.15, 0.2) is 35.1 Å². The van der Waals surface area contributed by atoms with Crippen molar-refractivity contribution in [3.05, 3.63) is 29.8 Å². The molecule has 0 radical (unpaired) electrons. The van der Waals surface area contributed by atoms with Crippen LogP contribution in [-0.2, 0) is 9.53 Å². The first kappa shape index (κ1) is 13.4. The number of carbonyl (C=O) groups is 1. The summed E-state index contributed by atoms with van der Waals surface area (Å²) in [5.41, 5.74) is 0.305. The van der Waals surface area contributed by atoms with Crippen LogP contribution in [0.2, 0.25) is 5.02 Å². The molecule has 4 atom stereocenters. The Bertz CT molecular complexity index is 1270. The molecule has 0 bridgehead atoms. The first-order chi connectivity index (χ1) is 16.2. The number of imidazole rings is 1. The van der Waals surface area contributed by atoms with Crippen molar-refractivity contribution >= 4 is 34.5 Å². The van der Waals surface area contributed by atoms with Crippen molar-refractivity contribution in [3.8, 4) is 11.4 Å². The predicted molar refractivity (Wildman–Crippen MR) is 103 cm³/mol. The van der Waals surface area contributed by atoms with Gasteiger partial charge in [-0.25, -0.2) is 15.0 Å². The van der Waals surface area contributed by atoms with E-state index < -0.39 is 44.4 Å². The molecule has 0 aliphatic carbocycles. The summed E-state index contributed by atoms with van der Waals surface area (Å²) >= 11 is 6.00. The first-order valence-corrected chi connectivity index (χ1v) is 8.58. The van der Waals surface area contributed by atoms with E-state index in [9.17, 15) is 15.0 Å². The van der Waals surface area contributed by atoms with Crippen LogP contribution in [0.25, 0.3) is 22.6 Å². The molecular weight excluding hydrogens is 402 g/mol. The number of aliphatic hydroxyl groups is 2. The van der Waals surface area contributed by atoms with Gasteiger partial charge in [0.25, 0.3) is 5.91 Å². The van der Waals surface area contributed by atoms with Crippen molar-refractivity contribution in [2.75, 3.05) is 19.3 Å². The first-order valence-electron chi connectivity index (χ1n) is 11.2. The molecule has 29 heavy (non-hydrogen) atoms. The highest BCUT2D eigenvalue weighted by Gasteiger charge is 2.47. The van der Waals surface area contributed by atoms with Crippen LogP contribution >= 0.6 is 11.6 Å². The molecular formula is C17H18ClN7O4. The Hall–Kier alpha value is -2.86. The van der Waals surface area contributed by atoms with Gasteiger partial charge < -0.3 is 25.6 Å². The summed E-state index contributed by atoms with van der Waals surface area (Å²) in [6.45, 7) is -5.49. The fraction of sp³-hybridized carbons (Fsp3) is 0.353. The molecule has 3 aromatic heterocycles. The molecule has 1 fully saturated rings. The second-order valence-electron chi connectivity index (χ2n) is 6.15. The van der Waals surface area contributed by atoms with Crippen molar-refractivity contribution < 1.29 is 28.0 Å². The number of aliphatic hydroxyl groups excluding tert-OH is 2. The number of pyridine rings is 1. The maximum Gasteiger partial charge on any atom is 0.251 e. The highest BCUT2D eigenvalue weighted by molar-refractivity contribution is 6.30. The third-order valence-electron chi connectivity index (χ3n) is 4.40. The van der Waals surface area contributed by atoms with Gasteiger partial charge in [0.2, 0.25) is 0 Å². The second-order valence-corrected chi connectivity index (χ2v) is 6.59. The fourth-order valence-electron chi connectivity index (χ4n) is 3.03. The number of hydrogen-bond acceptors (Lipinski definition) is 9. The monoisotopic (exact) mass is 425 g/mol. The lowest BCUT2D eigenvalue weighted by Gasteiger charge is -2.17. The maximum absolute atomic E-state index is 12.3. The fourth-order valence-corrected chi connectivity index (χ4v) is 3.20. The summed E-state index contributed by atoms with van der Waals surface area (Å²) in [4.78, 5) is 28.9. The number of fused-ring (bicyclic) bond motifs is 1. The lowest BCUT2D eigenvalue weighted by atomic mass is 10.1. The van der Waals surface area contributed by atoms with Gasteiger partial charge in [-0.1, -0.05) is 11.6 Å². The van der Waals surface area contributed by atoms with Crippen molar-refractivity contribution in [3.63, 3.8) is 0 Å². The summed E-state index contributed by atoms with van der Waals surface area (Å²) < 4.78 is 50.7. The third kappa shape index (κ3) is 3.27. The van der Waals surface area contributed by atoms with Crippen molar-refractivity contribution in [2.45, 2.75) is 24.5 Å². The molecule has 12 heteroatoms. The number of carbonyl (C=O) groups excluding carboxylic acids is 1. The minimum atomic E-state index is -2.84. The average Bonchev–Trinajstić information content (AvgIpc) is 3.27. The van der Waals surface area contributed by atoms with Crippen molar-refractivity contribution in [1.29, 1.82) is 0 Å². The second kappa shape index (κ2) is 7.52. The summed E-state index contributed by atoms with van der Waals surface area (Å²) in [6.07, 6.45) is -2.69. The molecule has 1 saturated heterocycles. The molecule has 1 aliphatic heterocycles. The molecule has 0 saturated carbocycles. The van der Waals surface area contributed by atoms with Crippen LogP contribution in [0.1, 0.15) is 14.5 Å². The number of likely N-dealkylation sites (N-methyl/N-ethyl adjacent to an activating group) is 1. The summed E-state index contributed by atoms with van der Waals surface area (Å²) in [6, 6.07) is 1.50. The summed E-state index contributed by atoms with van der Waals surface area (Å²) in [7, 11) is 0. The van der Waals surface area contributed by atoms with Gasteiger partial charge in [-0.3, -0.25) is 14.3 Å². The maximum atomic E-state index is 12.3. The number of rotatable bonds is 4. The number of amides is 1. The van der Waals surface area contributed by atoms with Crippen LogP contribution in [0.4, 0.5) is 5.82 Å². The van der Waals surface area contributed by atoms with Crippen LogP contribution in [-0.4, -0.2) is 72.9 Å². The number of halogens is 1. The highest BCUT2D eigenvalue weighted by atomic mass is 35.5. The van der Waals surface area contributed by atoms with Gasteiger partial charge in [-0.05, 0) is 6.07 Å². The molecule has 1 amide bonds. The van der Waals surface area contributed by atoms with E-state index in [0.29, 0.717) is 5.56 Å². The minimum absolute atomic E-state index is 0.00531. The van der Waals surface area contributed by atoms with Gasteiger partial charge in [-0.15, -0.1) is 0 Å². The van der Waals surface area contributed by atoms with Crippen molar-refractivity contribution in [1.82, 2.24) is 29.8 Å². The molecule has 4 heterocycles. The van der Waals surface area contributed by atoms with E-state index in [0.717, 1.165) is 6.33 Å². The molecule has 0 aromatic carbocycles. The SMILES string of the molecule is [2H]C([2H])([2H])NC(=O)[C@H]1O[C@@H](n2cnc3c(NC([2H])([2H])[2H])nc(-c4cncc(Cl)c4)nc32)[C@H](O)[C@@H]1O. The molecule has 0 spiro atoms. The van der Waals surface area contributed by atoms with Gasteiger partial charge in [-0.2, -0.15) is 0 Å². The van der Waals surface area contributed by atoms with E-state index >= 15 is 0 Å². The van der Waals surface area contributed by atoms with Gasteiger partial charge in [0.1, 0.15) is 12.2 Å². The number of ether oxygens (including phenoxy) is 1. The Morgan fingerprint density at radius 3 is 2.93 bits per heavy atom. The zero-order valence-corrected chi connectivity index (χ0v) is 15.2. The number of aromatic nitrogens is 5. The molecule has 3 aromatic rings. The van der Waals surface area contributed by atoms with Gasteiger partial charge in [0.05, 0.1) is 11.3 Å². The van der Waals surface area contributed by atoms with E-state index in [1.807, 2.05) is 0 Å². The Morgan fingerprint density at radius 1 is 1.31 bits per heavy atom. The highest BCUT2D eigenvalue weighted by Crippen LogP contribution is 2.33. The predicted octanol–water partition coefficient (Wildman–Crippen LogP) is -0.0514. The van der Waals surface area contributed by atoms with E-state index in [4.69, 9.17) is 24.6 Å². The molecule has 1 aliphatic rings.